The number of hydrogen-bond donors (Lipinski definition) is 1. The van der Waals surface area contributed by atoms with Crippen LogP contribution in [0.1, 0.15) is 49.0 Å². The van der Waals surface area contributed by atoms with Crippen LogP contribution < -0.4 is 15.6 Å². The van der Waals surface area contributed by atoms with Crippen molar-refractivity contribution in [3.63, 3.8) is 0 Å². The van der Waals surface area contributed by atoms with Gasteiger partial charge in [0.25, 0.3) is 11.5 Å². The van der Waals surface area contributed by atoms with Crippen LogP contribution in [0.2, 0.25) is 0 Å². The predicted molar refractivity (Wildman–Crippen MR) is 126 cm³/mol. The summed E-state index contributed by atoms with van der Waals surface area (Å²) in [5.41, 5.74) is 0.990. The fraction of sp³-hybridized carbons (Fsp3) is 0.417. The Morgan fingerprint density at radius 2 is 1.94 bits per heavy atom. The molecule has 3 aromatic rings. The zero-order valence-electron chi connectivity index (χ0n) is 19.4. The van der Waals surface area contributed by atoms with Gasteiger partial charge in [-0.25, -0.2) is 0 Å². The highest BCUT2D eigenvalue weighted by Gasteiger charge is 2.27. The Labute approximate surface area is 191 Å². The van der Waals surface area contributed by atoms with E-state index in [2.05, 4.69) is 5.32 Å². The molecule has 9 heteroatoms. The van der Waals surface area contributed by atoms with Crippen molar-refractivity contribution in [3.05, 3.63) is 52.6 Å². The molecular formula is C24H29N5O4. The lowest BCUT2D eigenvalue weighted by Gasteiger charge is -2.34. The number of pyridine rings is 1. The van der Waals surface area contributed by atoms with Gasteiger partial charge >= 0.3 is 0 Å². The van der Waals surface area contributed by atoms with E-state index in [-0.39, 0.29) is 29.2 Å². The monoisotopic (exact) mass is 451 g/mol. The standard InChI is InChI=1S/C24H29N5O4/c1-15(30)28(3)17-7-9-18(10-8-17)29-14-16-12-19(22(33-4)13-21(16)26-29)23(31)25-20-6-5-11-27(2)24(20)32/h5-6,11-14,17-18H,7-10H2,1-4H3,(H,25,31)/t17-,18-. The number of nitrogens with one attached hydrogen (secondary N) is 1. The topological polar surface area (TPSA) is 98.5 Å². The van der Waals surface area contributed by atoms with E-state index < -0.39 is 5.91 Å². The molecule has 1 saturated carbocycles. The molecule has 0 unspecified atom stereocenters. The van der Waals surface area contributed by atoms with E-state index in [4.69, 9.17) is 9.84 Å². The van der Waals surface area contributed by atoms with Crippen molar-refractivity contribution in [3.8, 4) is 5.75 Å². The number of aryl methyl sites for hydroxylation is 1. The summed E-state index contributed by atoms with van der Waals surface area (Å²) in [7, 11) is 4.99. The van der Waals surface area contributed by atoms with Gasteiger partial charge in [0.05, 0.1) is 24.2 Å². The normalized spacial score (nSPS) is 18.2. The molecule has 0 saturated heterocycles. The molecule has 4 rings (SSSR count). The van der Waals surface area contributed by atoms with Crippen LogP contribution >= 0.6 is 0 Å². The van der Waals surface area contributed by atoms with Crippen LogP contribution in [0, 0.1) is 0 Å². The number of methoxy groups -OCH3 is 1. The second-order valence-corrected chi connectivity index (χ2v) is 8.60. The van der Waals surface area contributed by atoms with Crippen LogP contribution in [0.3, 0.4) is 0 Å². The maximum absolute atomic E-state index is 13.0. The summed E-state index contributed by atoms with van der Waals surface area (Å²) in [5.74, 6) is 0.0666. The van der Waals surface area contributed by atoms with Crippen LogP contribution in [0.4, 0.5) is 5.69 Å². The highest BCUT2D eigenvalue weighted by molar-refractivity contribution is 6.08. The Bertz CT molecular complexity index is 1250. The Morgan fingerprint density at radius 3 is 2.61 bits per heavy atom. The molecule has 0 radical (unpaired) electrons. The Morgan fingerprint density at radius 1 is 1.21 bits per heavy atom. The lowest BCUT2D eigenvalue weighted by Crippen LogP contribution is -2.38. The third kappa shape index (κ3) is 4.48. The fourth-order valence-corrected chi connectivity index (χ4v) is 4.45. The number of carbonyl (C=O) groups excluding carboxylic acids is 2. The van der Waals surface area contributed by atoms with E-state index in [0.29, 0.717) is 11.3 Å². The van der Waals surface area contributed by atoms with E-state index >= 15 is 0 Å². The van der Waals surface area contributed by atoms with E-state index in [1.165, 1.54) is 11.7 Å². The molecular weight excluding hydrogens is 422 g/mol. The van der Waals surface area contributed by atoms with Crippen molar-refractivity contribution in [2.24, 2.45) is 7.05 Å². The third-order valence-electron chi connectivity index (χ3n) is 6.54. The van der Waals surface area contributed by atoms with Gasteiger partial charge in [0.15, 0.2) is 0 Å². The van der Waals surface area contributed by atoms with Gasteiger partial charge in [-0.05, 0) is 43.9 Å². The Balaban J connectivity index is 1.57. The molecule has 0 aliphatic heterocycles. The highest BCUT2D eigenvalue weighted by Crippen LogP contribution is 2.33. The van der Waals surface area contributed by atoms with Crippen molar-refractivity contribution in [2.45, 2.75) is 44.7 Å². The number of anilines is 1. The Kier molecular flexibility index (Phi) is 6.22. The summed E-state index contributed by atoms with van der Waals surface area (Å²) in [6, 6.07) is 7.27. The van der Waals surface area contributed by atoms with Crippen molar-refractivity contribution >= 4 is 28.4 Å². The quantitative estimate of drug-likeness (QED) is 0.643. The number of benzene rings is 1. The molecule has 1 aliphatic carbocycles. The van der Waals surface area contributed by atoms with Gasteiger partial charge in [-0.15, -0.1) is 0 Å². The van der Waals surface area contributed by atoms with Gasteiger partial charge in [0, 0.05) is 50.9 Å². The number of rotatable bonds is 5. The average molecular weight is 452 g/mol. The molecule has 9 nitrogen and oxygen atoms in total. The number of amides is 2. The lowest BCUT2D eigenvalue weighted by molar-refractivity contribution is -0.130. The van der Waals surface area contributed by atoms with Gasteiger partial charge in [-0.1, -0.05) is 0 Å². The highest BCUT2D eigenvalue weighted by atomic mass is 16.5. The molecule has 33 heavy (non-hydrogen) atoms. The third-order valence-corrected chi connectivity index (χ3v) is 6.54. The van der Waals surface area contributed by atoms with Gasteiger partial charge in [0.1, 0.15) is 11.4 Å². The predicted octanol–water partition coefficient (Wildman–Crippen LogP) is 2.96. The van der Waals surface area contributed by atoms with Crippen molar-refractivity contribution < 1.29 is 14.3 Å². The SMILES string of the molecule is COc1cc2nn([C@H]3CC[C@H](N(C)C(C)=O)CC3)cc2cc1C(=O)Nc1cccn(C)c1=O. The number of aromatic nitrogens is 3. The van der Waals surface area contributed by atoms with Crippen molar-refractivity contribution in [2.75, 3.05) is 19.5 Å². The number of fused-ring (bicyclic) bond motifs is 1. The molecule has 1 aliphatic rings. The number of carbonyl (C=O) groups is 2. The van der Waals surface area contributed by atoms with Crippen molar-refractivity contribution in [1.82, 2.24) is 19.2 Å². The first kappa shape index (κ1) is 22.6. The molecule has 1 aromatic carbocycles. The van der Waals surface area contributed by atoms with Crippen LogP contribution in [0.15, 0.2) is 41.5 Å². The fourth-order valence-electron chi connectivity index (χ4n) is 4.45. The number of nitrogens with zero attached hydrogens (tertiary/aromatic N) is 4. The average Bonchev–Trinajstić information content (AvgIpc) is 3.23. The molecule has 0 spiro atoms. The number of ether oxygens (including phenoxy) is 1. The maximum atomic E-state index is 13.0. The van der Waals surface area contributed by atoms with Crippen molar-refractivity contribution in [1.29, 1.82) is 0 Å². The second kappa shape index (κ2) is 9.09. The summed E-state index contributed by atoms with van der Waals surface area (Å²) in [5, 5.41) is 8.24. The second-order valence-electron chi connectivity index (χ2n) is 8.60. The minimum absolute atomic E-state index is 0.0922. The van der Waals surface area contributed by atoms with Gasteiger partial charge in [0.2, 0.25) is 5.91 Å². The zero-order chi connectivity index (χ0) is 23.7. The molecule has 2 aromatic heterocycles. The van der Waals surface area contributed by atoms with E-state index in [1.54, 1.807) is 44.4 Å². The zero-order valence-corrected chi connectivity index (χ0v) is 19.4. The smallest absolute Gasteiger partial charge is 0.274 e. The molecule has 0 bridgehead atoms. The number of hydrogen-bond acceptors (Lipinski definition) is 5. The molecule has 0 atom stereocenters. The van der Waals surface area contributed by atoms with E-state index in [0.717, 1.165) is 36.6 Å². The summed E-state index contributed by atoms with van der Waals surface area (Å²) in [6.07, 6.45) is 7.30. The largest absolute Gasteiger partial charge is 0.496 e. The van der Waals surface area contributed by atoms with Crippen LogP contribution in [0.25, 0.3) is 10.9 Å². The van der Waals surface area contributed by atoms with E-state index in [1.807, 2.05) is 22.8 Å². The minimum atomic E-state index is -0.419. The molecule has 174 valence electrons. The van der Waals surface area contributed by atoms with Crippen LogP contribution in [-0.4, -0.2) is 51.3 Å². The first-order valence-corrected chi connectivity index (χ1v) is 11.1. The first-order chi connectivity index (χ1) is 15.8. The van der Waals surface area contributed by atoms with Gasteiger partial charge in [-0.2, -0.15) is 5.10 Å². The molecule has 2 amide bonds. The van der Waals surface area contributed by atoms with Crippen LogP contribution in [-0.2, 0) is 11.8 Å². The molecule has 2 heterocycles. The molecule has 1 fully saturated rings. The summed E-state index contributed by atoms with van der Waals surface area (Å²) in [4.78, 5) is 38.7. The maximum Gasteiger partial charge on any atom is 0.274 e. The summed E-state index contributed by atoms with van der Waals surface area (Å²) in [6.45, 7) is 1.60. The lowest BCUT2D eigenvalue weighted by atomic mass is 9.90. The first-order valence-electron chi connectivity index (χ1n) is 11.1. The van der Waals surface area contributed by atoms with Crippen LogP contribution in [0.5, 0.6) is 5.75 Å². The van der Waals surface area contributed by atoms with Gasteiger partial charge < -0.3 is 19.5 Å². The summed E-state index contributed by atoms with van der Waals surface area (Å²) < 4.78 is 8.82. The molecule has 1 N–H and O–H groups in total. The minimum Gasteiger partial charge on any atom is -0.496 e. The van der Waals surface area contributed by atoms with E-state index in [9.17, 15) is 14.4 Å². The Hall–Kier alpha value is -3.62. The summed E-state index contributed by atoms with van der Waals surface area (Å²) >= 11 is 0. The van der Waals surface area contributed by atoms with Gasteiger partial charge in [-0.3, -0.25) is 19.1 Å².